The Morgan fingerprint density at radius 1 is 1.39 bits per heavy atom. The van der Waals surface area contributed by atoms with Gasteiger partial charge in [0.1, 0.15) is 11.6 Å². The van der Waals surface area contributed by atoms with Gasteiger partial charge in [-0.15, -0.1) is 10.2 Å². The second-order valence-electron chi connectivity index (χ2n) is 4.59. The van der Waals surface area contributed by atoms with Crippen molar-refractivity contribution in [3.05, 3.63) is 47.2 Å². The summed E-state index contributed by atoms with van der Waals surface area (Å²) in [5.74, 6) is -0.184. The minimum Gasteiger partial charge on any atom is -0.401 e. The highest BCUT2D eigenvalue weighted by molar-refractivity contribution is 8.01. The molecule has 2 aromatic rings. The second kappa shape index (κ2) is 8.31. The molecule has 0 aliphatic rings. The van der Waals surface area contributed by atoms with Gasteiger partial charge in [-0.3, -0.25) is 4.79 Å². The van der Waals surface area contributed by atoms with Gasteiger partial charge >= 0.3 is 0 Å². The summed E-state index contributed by atoms with van der Waals surface area (Å²) < 4.78 is 0.667. The maximum Gasteiger partial charge on any atom is 0.206 e. The molecule has 6 nitrogen and oxygen atoms in total. The van der Waals surface area contributed by atoms with Crippen LogP contribution in [0.3, 0.4) is 0 Å². The molecule has 8 heteroatoms. The standard InChI is InChI=1S/C15H15N5OS2/c1-10(17)12(7-16)13(21)9-22-15-20-19-14(23-15)18-8-11-5-3-2-4-6-11/h2-6H,8-9,17H2,1H3,(H,18,19)/b12-10-. The van der Waals surface area contributed by atoms with Crippen molar-refractivity contribution in [2.75, 3.05) is 11.1 Å². The van der Waals surface area contributed by atoms with E-state index in [1.54, 1.807) is 0 Å². The van der Waals surface area contributed by atoms with Crippen LogP contribution in [0.5, 0.6) is 0 Å². The molecule has 0 saturated carbocycles. The first-order chi connectivity index (χ1) is 11.1. The highest BCUT2D eigenvalue weighted by Gasteiger charge is 2.13. The number of carbonyl (C=O) groups excluding carboxylic acids is 1. The molecule has 0 unspecified atom stereocenters. The van der Waals surface area contributed by atoms with Gasteiger partial charge in [0.25, 0.3) is 0 Å². The maximum absolute atomic E-state index is 11.9. The predicted molar refractivity (Wildman–Crippen MR) is 91.9 cm³/mol. The van der Waals surface area contributed by atoms with E-state index in [4.69, 9.17) is 11.0 Å². The zero-order chi connectivity index (χ0) is 16.7. The van der Waals surface area contributed by atoms with Gasteiger partial charge in [-0.05, 0) is 12.5 Å². The second-order valence-corrected chi connectivity index (χ2v) is 6.79. The molecule has 0 bridgehead atoms. The maximum atomic E-state index is 11.9. The van der Waals surface area contributed by atoms with E-state index in [1.807, 2.05) is 36.4 Å². The predicted octanol–water partition coefficient (Wildman–Crippen LogP) is 2.57. The van der Waals surface area contributed by atoms with Gasteiger partial charge in [0.2, 0.25) is 5.13 Å². The van der Waals surface area contributed by atoms with Gasteiger partial charge in [0, 0.05) is 12.2 Å². The molecule has 0 fully saturated rings. The Morgan fingerprint density at radius 2 is 2.13 bits per heavy atom. The summed E-state index contributed by atoms with van der Waals surface area (Å²) in [6.07, 6.45) is 0. The van der Waals surface area contributed by atoms with E-state index in [0.29, 0.717) is 16.0 Å². The number of ketones is 1. The van der Waals surface area contributed by atoms with E-state index in [1.165, 1.54) is 30.0 Å². The summed E-state index contributed by atoms with van der Waals surface area (Å²) in [6, 6.07) is 11.8. The van der Waals surface area contributed by atoms with Gasteiger partial charge in [0.15, 0.2) is 10.1 Å². The molecular weight excluding hydrogens is 330 g/mol. The number of rotatable bonds is 7. The Hall–Kier alpha value is -2.37. The van der Waals surface area contributed by atoms with Crippen molar-refractivity contribution in [2.45, 2.75) is 17.8 Å². The van der Waals surface area contributed by atoms with Crippen LogP contribution in [0.25, 0.3) is 0 Å². The molecule has 1 aromatic carbocycles. The molecule has 1 aromatic heterocycles. The number of aromatic nitrogens is 2. The molecule has 1 heterocycles. The number of benzene rings is 1. The molecule has 0 saturated heterocycles. The molecular formula is C15H15N5OS2. The van der Waals surface area contributed by atoms with Crippen molar-refractivity contribution in [1.29, 1.82) is 5.26 Å². The summed E-state index contributed by atoms with van der Waals surface area (Å²) in [6.45, 7) is 2.20. The molecule has 0 amide bonds. The van der Waals surface area contributed by atoms with Crippen molar-refractivity contribution in [2.24, 2.45) is 5.73 Å². The Balaban J connectivity index is 1.87. The average Bonchev–Trinajstić information content (AvgIpc) is 3.00. The molecule has 2 rings (SSSR count). The van der Waals surface area contributed by atoms with Gasteiger partial charge in [0.05, 0.1) is 5.75 Å². The molecule has 3 N–H and O–H groups in total. The lowest BCUT2D eigenvalue weighted by atomic mass is 10.2. The number of thioether (sulfide) groups is 1. The smallest absolute Gasteiger partial charge is 0.206 e. The summed E-state index contributed by atoms with van der Waals surface area (Å²) in [4.78, 5) is 11.9. The Kier molecular flexibility index (Phi) is 6.14. The van der Waals surface area contributed by atoms with Crippen LogP contribution in [0, 0.1) is 11.3 Å². The minimum atomic E-state index is -0.300. The molecule has 118 valence electrons. The number of allylic oxidation sites excluding steroid dienone is 2. The average molecular weight is 345 g/mol. The van der Waals surface area contributed by atoms with Crippen LogP contribution in [0.4, 0.5) is 5.13 Å². The molecule has 23 heavy (non-hydrogen) atoms. The molecule has 0 radical (unpaired) electrons. The van der Waals surface area contributed by atoms with E-state index in [-0.39, 0.29) is 22.8 Å². The highest BCUT2D eigenvalue weighted by atomic mass is 32.2. The lowest BCUT2D eigenvalue weighted by molar-refractivity contribution is -0.112. The summed E-state index contributed by atoms with van der Waals surface area (Å²) in [5.41, 5.74) is 6.90. The van der Waals surface area contributed by atoms with Crippen LogP contribution in [0.2, 0.25) is 0 Å². The number of nitriles is 1. The van der Waals surface area contributed by atoms with Crippen molar-refractivity contribution in [3.63, 3.8) is 0 Å². The number of hydrogen-bond acceptors (Lipinski definition) is 8. The minimum absolute atomic E-state index is 0.00411. The van der Waals surface area contributed by atoms with E-state index >= 15 is 0 Å². The number of nitrogens with one attached hydrogen (secondary N) is 1. The van der Waals surface area contributed by atoms with Crippen LogP contribution in [-0.2, 0) is 11.3 Å². The summed E-state index contributed by atoms with van der Waals surface area (Å²) in [5, 5.41) is 20.8. The van der Waals surface area contributed by atoms with E-state index in [9.17, 15) is 4.79 Å². The lowest BCUT2D eigenvalue weighted by Gasteiger charge is -2.01. The topological polar surface area (TPSA) is 105 Å². The van der Waals surface area contributed by atoms with Crippen LogP contribution in [0.15, 0.2) is 45.9 Å². The fourth-order valence-electron chi connectivity index (χ4n) is 1.68. The van der Waals surface area contributed by atoms with Crippen LogP contribution in [0.1, 0.15) is 12.5 Å². The number of anilines is 1. The number of carbonyl (C=O) groups is 1. The number of Topliss-reactive ketones (excluding diaryl/α,β-unsaturated/α-hetero) is 1. The van der Waals surface area contributed by atoms with Crippen molar-refractivity contribution in [3.8, 4) is 6.07 Å². The molecule has 0 aliphatic carbocycles. The zero-order valence-corrected chi connectivity index (χ0v) is 14.1. The fourth-order valence-corrected chi connectivity index (χ4v) is 3.30. The third-order valence-electron chi connectivity index (χ3n) is 2.80. The van der Waals surface area contributed by atoms with Crippen molar-refractivity contribution >= 4 is 34.0 Å². The first-order valence-electron chi connectivity index (χ1n) is 6.74. The largest absolute Gasteiger partial charge is 0.401 e. The third-order valence-corrected chi connectivity index (χ3v) is 4.82. The fraction of sp³-hybridized carbons (Fsp3) is 0.200. The Morgan fingerprint density at radius 3 is 2.78 bits per heavy atom. The van der Waals surface area contributed by atoms with Gasteiger partial charge in [-0.2, -0.15) is 5.26 Å². The molecule has 0 atom stereocenters. The zero-order valence-electron chi connectivity index (χ0n) is 12.4. The molecule has 0 spiro atoms. The summed E-state index contributed by atoms with van der Waals surface area (Å²) >= 11 is 2.62. The van der Waals surface area contributed by atoms with Gasteiger partial charge in [-0.1, -0.05) is 53.4 Å². The first kappa shape index (κ1) is 17.0. The Labute approximate surface area is 142 Å². The Bertz CT molecular complexity index is 745. The SMILES string of the molecule is C/C(N)=C(\C#N)C(=O)CSc1nnc(NCc2ccccc2)s1. The quantitative estimate of drug-likeness (QED) is 0.451. The van der Waals surface area contributed by atoms with E-state index in [0.717, 1.165) is 5.56 Å². The van der Waals surface area contributed by atoms with Crippen LogP contribution in [-0.4, -0.2) is 21.7 Å². The van der Waals surface area contributed by atoms with E-state index in [2.05, 4.69) is 15.5 Å². The normalized spacial score (nSPS) is 11.5. The monoisotopic (exact) mass is 345 g/mol. The van der Waals surface area contributed by atoms with Gasteiger partial charge < -0.3 is 11.1 Å². The first-order valence-corrected chi connectivity index (χ1v) is 8.54. The highest BCUT2D eigenvalue weighted by Crippen LogP contribution is 2.26. The van der Waals surface area contributed by atoms with Gasteiger partial charge in [-0.25, -0.2) is 0 Å². The number of hydrogen-bond donors (Lipinski definition) is 2. The van der Waals surface area contributed by atoms with Crippen molar-refractivity contribution in [1.82, 2.24) is 10.2 Å². The number of nitrogens with zero attached hydrogens (tertiary/aromatic N) is 3. The lowest BCUT2D eigenvalue weighted by Crippen LogP contribution is -2.10. The third kappa shape index (κ3) is 5.09. The van der Waals surface area contributed by atoms with E-state index < -0.39 is 0 Å². The molecule has 0 aliphatic heterocycles. The van der Waals surface area contributed by atoms with Crippen molar-refractivity contribution < 1.29 is 4.79 Å². The number of nitrogens with two attached hydrogens (primary N) is 1. The van der Waals surface area contributed by atoms with Crippen LogP contribution < -0.4 is 11.1 Å². The summed E-state index contributed by atoms with van der Waals surface area (Å²) in [7, 11) is 0. The van der Waals surface area contributed by atoms with Crippen LogP contribution >= 0.6 is 23.1 Å².